The fourth-order valence-corrected chi connectivity index (χ4v) is 1.10. The van der Waals surface area contributed by atoms with Crippen LogP contribution in [0, 0.1) is 5.82 Å². The van der Waals surface area contributed by atoms with E-state index in [9.17, 15) is 14.0 Å². The highest BCUT2D eigenvalue weighted by molar-refractivity contribution is 5.93. The third kappa shape index (κ3) is 2.12. The summed E-state index contributed by atoms with van der Waals surface area (Å²) >= 11 is 0. The first-order valence-electron chi connectivity index (χ1n) is 4.05. The monoisotopic (exact) mass is 212 g/mol. The Bertz CT molecular complexity index is 401. The predicted molar refractivity (Wildman–Crippen MR) is 49.7 cm³/mol. The molecule has 0 amide bonds. The number of hydrogen-bond acceptors (Lipinski definition) is 4. The van der Waals surface area contributed by atoms with Crippen LogP contribution in [0.3, 0.4) is 0 Å². The Morgan fingerprint density at radius 3 is 2.53 bits per heavy atom. The van der Waals surface area contributed by atoms with Crippen LogP contribution < -0.4 is 4.74 Å². The lowest BCUT2D eigenvalue weighted by molar-refractivity contribution is 0.0596. The molecular formula is C10H9FO4. The van der Waals surface area contributed by atoms with Crippen molar-refractivity contribution in [2.75, 3.05) is 14.2 Å². The second-order valence-corrected chi connectivity index (χ2v) is 2.68. The summed E-state index contributed by atoms with van der Waals surface area (Å²) in [5.41, 5.74) is -0.220. The van der Waals surface area contributed by atoms with Crippen molar-refractivity contribution in [2.24, 2.45) is 0 Å². The van der Waals surface area contributed by atoms with Crippen molar-refractivity contribution in [3.05, 3.63) is 29.1 Å². The van der Waals surface area contributed by atoms with E-state index in [0.29, 0.717) is 6.29 Å². The number of esters is 1. The highest BCUT2D eigenvalue weighted by Gasteiger charge is 2.16. The molecule has 0 aliphatic rings. The fraction of sp³-hybridized carbons (Fsp3) is 0.200. The van der Waals surface area contributed by atoms with E-state index in [-0.39, 0.29) is 16.9 Å². The molecule has 4 nitrogen and oxygen atoms in total. The van der Waals surface area contributed by atoms with E-state index in [1.54, 1.807) is 0 Å². The Morgan fingerprint density at radius 2 is 2.07 bits per heavy atom. The number of halogens is 1. The standard InChI is InChI=1S/C10H9FO4/c1-14-9-3-6(5-12)8(11)4-7(9)10(13)15-2/h3-5H,1-2H3. The Labute approximate surface area is 85.6 Å². The maximum Gasteiger partial charge on any atom is 0.341 e. The minimum Gasteiger partial charge on any atom is -0.496 e. The molecule has 0 aliphatic heterocycles. The third-order valence-electron chi connectivity index (χ3n) is 1.85. The molecule has 0 unspecified atom stereocenters. The molecule has 0 aliphatic carbocycles. The number of rotatable bonds is 3. The maximum atomic E-state index is 13.2. The zero-order chi connectivity index (χ0) is 11.4. The minimum absolute atomic E-state index is 0.0527. The minimum atomic E-state index is -0.786. The summed E-state index contributed by atoms with van der Waals surface area (Å²) in [5, 5.41) is 0. The summed E-state index contributed by atoms with van der Waals surface area (Å²) in [4.78, 5) is 21.6. The molecule has 0 fully saturated rings. The fourth-order valence-electron chi connectivity index (χ4n) is 1.10. The lowest BCUT2D eigenvalue weighted by Gasteiger charge is -2.07. The molecule has 80 valence electrons. The first-order chi connectivity index (χ1) is 7.13. The summed E-state index contributed by atoms with van der Waals surface area (Å²) < 4.78 is 22.4. The van der Waals surface area contributed by atoms with Crippen LogP contribution in [0.25, 0.3) is 0 Å². The Kier molecular flexibility index (Phi) is 3.38. The lowest BCUT2D eigenvalue weighted by Crippen LogP contribution is -2.06. The van der Waals surface area contributed by atoms with E-state index in [1.807, 2.05) is 0 Å². The zero-order valence-corrected chi connectivity index (χ0v) is 8.24. The van der Waals surface area contributed by atoms with Crippen LogP contribution in [0.5, 0.6) is 5.75 Å². The summed E-state index contributed by atoms with van der Waals surface area (Å²) in [6.07, 6.45) is 0.346. The smallest absolute Gasteiger partial charge is 0.341 e. The van der Waals surface area contributed by atoms with Crippen molar-refractivity contribution in [3.63, 3.8) is 0 Å². The van der Waals surface area contributed by atoms with E-state index < -0.39 is 11.8 Å². The molecule has 0 aromatic heterocycles. The number of carbonyl (C=O) groups is 2. The van der Waals surface area contributed by atoms with Crippen LogP contribution in [0.4, 0.5) is 4.39 Å². The molecule has 0 spiro atoms. The number of ether oxygens (including phenoxy) is 2. The molecule has 0 heterocycles. The normalized spacial score (nSPS) is 9.53. The molecule has 0 saturated carbocycles. The summed E-state index contributed by atoms with van der Waals surface area (Å²) in [6.45, 7) is 0. The zero-order valence-electron chi connectivity index (χ0n) is 8.24. The predicted octanol–water partition coefficient (Wildman–Crippen LogP) is 1.43. The van der Waals surface area contributed by atoms with E-state index in [1.165, 1.54) is 14.2 Å². The molecule has 0 bridgehead atoms. The molecule has 5 heteroatoms. The van der Waals surface area contributed by atoms with Gasteiger partial charge in [0.2, 0.25) is 0 Å². The van der Waals surface area contributed by atoms with E-state index in [0.717, 1.165) is 12.1 Å². The number of methoxy groups -OCH3 is 2. The highest BCUT2D eigenvalue weighted by atomic mass is 19.1. The first kappa shape index (κ1) is 11.2. The summed E-state index contributed by atoms with van der Waals surface area (Å²) in [5.74, 6) is -1.40. The van der Waals surface area contributed by atoms with Gasteiger partial charge in [-0.25, -0.2) is 9.18 Å². The van der Waals surface area contributed by atoms with Gasteiger partial charge < -0.3 is 9.47 Å². The Morgan fingerprint density at radius 1 is 1.40 bits per heavy atom. The van der Waals surface area contributed by atoms with Crippen molar-refractivity contribution >= 4 is 12.3 Å². The Balaban J connectivity index is 3.33. The van der Waals surface area contributed by atoms with Crippen molar-refractivity contribution in [1.29, 1.82) is 0 Å². The largest absolute Gasteiger partial charge is 0.496 e. The van der Waals surface area contributed by atoms with Gasteiger partial charge in [0.25, 0.3) is 0 Å². The number of aldehydes is 1. The molecule has 1 aromatic carbocycles. The molecule has 0 radical (unpaired) electrons. The summed E-state index contributed by atoms with van der Waals surface area (Å²) in [7, 11) is 2.49. The van der Waals surface area contributed by atoms with Crippen LogP contribution in [-0.2, 0) is 4.74 Å². The van der Waals surface area contributed by atoms with Gasteiger partial charge in [-0.3, -0.25) is 4.79 Å². The first-order valence-corrected chi connectivity index (χ1v) is 4.05. The summed E-state index contributed by atoms with van der Waals surface area (Å²) in [6, 6.07) is 2.06. The van der Waals surface area contributed by atoms with Crippen molar-refractivity contribution in [1.82, 2.24) is 0 Å². The second-order valence-electron chi connectivity index (χ2n) is 2.68. The van der Waals surface area contributed by atoms with Gasteiger partial charge in [-0.05, 0) is 12.1 Å². The molecule has 0 saturated heterocycles. The van der Waals surface area contributed by atoms with E-state index in [4.69, 9.17) is 4.74 Å². The third-order valence-corrected chi connectivity index (χ3v) is 1.85. The van der Waals surface area contributed by atoms with Gasteiger partial charge in [-0.15, -0.1) is 0 Å². The van der Waals surface area contributed by atoms with Gasteiger partial charge in [0.15, 0.2) is 6.29 Å². The van der Waals surface area contributed by atoms with Crippen LogP contribution in [-0.4, -0.2) is 26.5 Å². The average Bonchev–Trinajstić information content (AvgIpc) is 2.27. The van der Waals surface area contributed by atoms with E-state index in [2.05, 4.69) is 4.74 Å². The van der Waals surface area contributed by atoms with Crippen LogP contribution >= 0.6 is 0 Å². The van der Waals surface area contributed by atoms with Crippen molar-refractivity contribution in [2.45, 2.75) is 0 Å². The maximum absolute atomic E-state index is 13.2. The van der Waals surface area contributed by atoms with Crippen molar-refractivity contribution < 1.29 is 23.5 Å². The molecular weight excluding hydrogens is 203 g/mol. The molecule has 0 atom stereocenters. The lowest BCUT2D eigenvalue weighted by atomic mass is 10.1. The topological polar surface area (TPSA) is 52.6 Å². The number of hydrogen-bond donors (Lipinski definition) is 0. The molecule has 1 rings (SSSR count). The van der Waals surface area contributed by atoms with E-state index >= 15 is 0 Å². The highest BCUT2D eigenvalue weighted by Crippen LogP contribution is 2.22. The number of benzene rings is 1. The van der Waals surface area contributed by atoms with Gasteiger partial charge in [0.05, 0.1) is 19.8 Å². The molecule has 0 N–H and O–H groups in total. The van der Waals surface area contributed by atoms with Crippen LogP contribution in [0.1, 0.15) is 20.7 Å². The van der Waals surface area contributed by atoms with Crippen molar-refractivity contribution in [3.8, 4) is 5.75 Å². The molecule has 15 heavy (non-hydrogen) atoms. The SMILES string of the molecule is COC(=O)c1cc(F)c(C=O)cc1OC. The quantitative estimate of drug-likeness (QED) is 0.561. The Hall–Kier alpha value is -1.91. The number of carbonyl (C=O) groups excluding carboxylic acids is 2. The van der Waals surface area contributed by atoms with Gasteiger partial charge in [-0.2, -0.15) is 0 Å². The van der Waals surface area contributed by atoms with Gasteiger partial charge in [0, 0.05) is 0 Å². The second kappa shape index (κ2) is 4.54. The van der Waals surface area contributed by atoms with Gasteiger partial charge in [0.1, 0.15) is 17.1 Å². The van der Waals surface area contributed by atoms with Gasteiger partial charge in [-0.1, -0.05) is 0 Å². The average molecular weight is 212 g/mol. The van der Waals surface area contributed by atoms with Gasteiger partial charge >= 0.3 is 5.97 Å². The van der Waals surface area contributed by atoms with Crippen LogP contribution in [0.15, 0.2) is 12.1 Å². The molecule has 1 aromatic rings. The van der Waals surface area contributed by atoms with Crippen LogP contribution in [0.2, 0.25) is 0 Å².